The van der Waals surface area contributed by atoms with Crippen LogP contribution in [0.15, 0.2) is 78.2 Å². The standard InChI is InChI=1S/C22H25N5O2S2/c28-31(29,27-16-2-1-3-17-27)20-8-6-19(7-9-20)24-22(30)25-21(26-14-4-5-15-26)18-10-12-23-13-11-18/h4-15,21H,1-3,16-17H2,(H2,24,25,30). The van der Waals surface area contributed by atoms with E-state index in [2.05, 4.69) is 15.6 Å². The lowest BCUT2D eigenvalue weighted by molar-refractivity contribution is 0.346. The van der Waals surface area contributed by atoms with Crippen molar-refractivity contribution in [1.29, 1.82) is 0 Å². The Morgan fingerprint density at radius 1 is 0.968 bits per heavy atom. The first-order valence-corrected chi connectivity index (χ1v) is 12.1. The van der Waals surface area contributed by atoms with Crippen molar-refractivity contribution < 1.29 is 8.42 Å². The van der Waals surface area contributed by atoms with Gasteiger partial charge in [0.1, 0.15) is 6.17 Å². The van der Waals surface area contributed by atoms with Gasteiger partial charge in [0.25, 0.3) is 0 Å². The molecule has 1 atom stereocenters. The Balaban J connectivity index is 1.44. The van der Waals surface area contributed by atoms with Crippen LogP contribution in [0.5, 0.6) is 0 Å². The van der Waals surface area contributed by atoms with Gasteiger partial charge in [0.2, 0.25) is 10.0 Å². The van der Waals surface area contributed by atoms with E-state index < -0.39 is 10.0 Å². The van der Waals surface area contributed by atoms with Crippen molar-refractivity contribution in [2.24, 2.45) is 0 Å². The summed E-state index contributed by atoms with van der Waals surface area (Å²) in [6, 6.07) is 14.5. The van der Waals surface area contributed by atoms with Crippen LogP contribution in [0.1, 0.15) is 31.0 Å². The Bertz CT molecular complexity index is 1090. The number of anilines is 1. The highest BCUT2D eigenvalue weighted by molar-refractivity contribution is 7.89. The third-order valence-electron chi connectivity index (χ3n) is 5.28. The lowest BCUT2D eigenvalue weighted by Crippen LogP contribution is -2.36. The summed E-state index contributed by atoms with van der Waals surface area (Å²) in [7, 11) is -3.44. The van der Waals surface area contributed by atoms with E-state index in [0.717, 1.165) is 30.5 Å². The molecule has 3 heterocycles. The van der Waals surface area contributed by atoms with Gasteiger partial charge in [-0.1, -0.05) is 6.42 Å². The van der Waals surface area contributed by atoms with Crippen LogP contribution in [-0.2, 0) is 10.0 Å². The van der Waals surface area contributed by atoms with Gasteiger partial charge in [-0.2, -0.15) is 4.31 Å². The topological polar surface area (TPSA) is 79.3 Å². The minimum absolute atomic E-state index is 0.197. The maximum absolute atomic E-state index is 12.8. The molecule has 0 radical (unpaired) electrons. The number of hydrogen-bond donors (Lipinski definition) is 2. The van der Waals surface area contributed by atoms with Gasteiger partial charge in [-0.05, 0) is 79.2 Å². The lowest BCUT2D eigenvalue weighted by Gasteiger charge is -2.26. The molecule has 3 aromatic rings. The summed E-state index contributed by atoms with van der Waals surface area (Å²) in [5.41, 5.74) is 1.73. The third kappa shape index (κ3) is 5.12. The van der Waals surface area contributed by atoms with Crippen LogP contribution in [0.2, 0.25) is 0 Å². The van der Waals surface area contributed by atoms with Crippen molar-refractivity contribution in [3.8, 4) is 0 Å². The molecule has 1 fully saturated rings. The molecular weight excluding hydrogens is 430 g/mol. The number of hydrogen-bond acceptors (Lipinski definition) is 4. The van der Waals surface area contributed by atoms with Gasteiger partial charge in [-0.3, -0.25) is 4.98 Å². The van der Waals surface area contributed by atoms with Gasteiger partial charge in [0, 0.05) is 43.6 Å². The zero-order valence-electron chi connectivity index (χ0n) is 17.0. The lowest BCUT2D eigenvalue weighted by atomic mass is 10.2. The van der Waals surface area contributed by atoms with Crippen molar-refractivity contribution in [2.75, 3.05) is 18.4 Å². The van der Waals surface area contributed by atoms with Crippen molar-refractivity contribution in [3.05, 3.63) is 78.9 Å². The molecule has 1 aliphatic rings. The molecular formula is C22H25N5O2S2. The molecule has 7 nitrogen and oxygen atoms in total. The average molecular weight is 456 g/mol. The Kier molecular flexibility index (Phi) is 6.64. The maximum atomic E-state index is 12.8. The van der Waals surface area contributed by atoms with E-state index in [0.29, 0.717) is 23.1 Å². The first-order valence-electron chi connectivity index (χ1n) is 10.2. The summed E-state index contributed by atoms with van der Waals surface area (Å²) in [6.45, 7) is 1.18. The molecule has 0 amide bonds. The number of aromatic nitrogens is 2. The first kappa shape index (κ1) is 21.5. The fourth-order valence-electron chi connectivity index (χ4n) is 3.65. The molecule has 1 saturated heterocycles. The molecule has 2 N–H and O–H groups in total. The molecule has 1 aromatic carbocycles. The molecule has 0 spiro atoms. The highest BCUT2D eigenvalue weighted by Gasteiger charge is 2.25. The minimum Gasteiger partial charge on any atom is -0.338 e. The molecule has 1 aliphatic heterocycles. The average Bonchev–Trinajstić information content (AvgIpc) is 3.34. The van der Waals surface area contributed by atoms with Gasteiger partial charge in [0.05, 0.1) is 4.90 Å². The second kappa shape index (κ2) is 9.59. The van der Waals surface area contributed by atoms with Crippen LogP contribution < -0.4 is 10.6 Å². The highest BCUT2D eigenvalue weighted by atomic mass is 32.2. The van der Waals surface area contributed by atoms with Crippen molar-refractivity contribution in [1.82, 2.24) is 19.2 Å². The van der Waals surface area contributed by atoms with Gasteiger partial charge in [-0.25, -0.2) is 8.42 Å². The van der Waals surface area contributed by atoms with Crippen LogP contribution >= 0.6 is 12.2 Å². The number of pyridine rings is 1. The van der Waals surface area contributed by atoms with E-state index in [9.17, 15) is 8.42 Å². The second-order valence-electron chi connectivity index (χ2n) is 7.40. The molecule has 2 aromatic heterocycles. The van der Waals surface area contributed by atoms with E-state index in [1.165, 1.54) is 0 Å². The molecule has 0 saturated carbocycles. The quantitative estimate of drug-likeness (QED) is 0.553. The van der Waals surface area contributed by atoms with E-state index >= 15 is 0 Å². The molecule has 162 valence electrons. The second-order valence-corrected chi connectivity index (χ2v) is 9.75. The van der Waals surface area contributed by atoms with Crippen molar-refractivity contribution >= 4 is 33.0 Å². The summed E-state index contributed by atoms with van der Waals surface area (Å²) in [5.74, 6) is 0. The molecule has 31 heavy (non-hydrogen) atoms. The number of benzene rings is 1. The van der Waals surface area contributed by atoms with Gasteiger partial charge in [-0.15, -0.1) is 0 Å². The molecule has 0 aliphatic carbocycles. The van der Waals surface area contributed by atoms with E-state index in [1.807, 2.05) is 41.2 Å². The molecule has 9 heteroatoms. The normalized spacial score (nSPS) is 15.9. The fourth-order valence-corrected chi connectivity index (χ4v) is 5.40. The van der Waals surface area contributed by atoms with Crippen LogP contribution in [0, 0.1) is 0 Å². The number of rotatable bonds is 6. The van der Waals surface area contributed by atoms with Crippen LogP contribution in [0.4, 0.5) is 5.69 Å². The number of nitrogens with one attached hydrogen (secondary N) is 2. The SMILES string of the molecule is O=S(=O)(c1ccc(NC(=S)NC(c2ccncc2)n2cccc2)cc1)N1CCCCC1. The summed E-state index contributed by atoms with van der Waals surface area (Å²) in [5, 5.41) is 6.89. The monoisotopic (exact) mass is 455 g/mol. The number of sulfonamides is 1. The molecule has 0 bridgehead atoms. The van der Waals surface area contributed by atoms with Gasteiger partial charge in [0.15, 0.2) is 5.11 Å². The number of piperidine rings is 1. The molecule has 1 unspecified atom stereocenters. The number of nitrogens with zero attached hydrogens (tertiary/aromatic N) is 3. The number of thiocarbonyl (C=S) groups is 1. The Morgan fingerprint density at radius 3 is 2.26 bits per heavy atom. The van der Waals surface area contributed by atoms with Crippen LogP contribution in [0.3, 0.4) is 0 Å². The smallest absolute Gasteiger partial charge is 0.243 e. The Morgan fingerprint density at radius 2 is 1.61 bits per heavy atom. The summed E-state index contributed by atoms with van der Waals surface area (Å²) in [4.78, 5) is 4.39. The van der Waals surface area contributed by atoms with Crippen LogP contribution in [0.25, 0.3) is 0 Å². The molecule has 4 rings (SSSR count). The summed E-state index contributed by atoms with van der Waals surface area (Å²) in [6.07, 6.45) is 10.1. The first-order chi connectivity index (χ1) is 15.0. The largest absolute Gasteiger partial charge is 0.338 e. The zero-order chi connectivity index (χ0) is 21.7. The minimum atomic E-state index is -3.44. The fraction of sp³-hybridized carbons (Fsp3) is 0.273. The Hall–Kier alpha value is -2.75. The predicted octanol–water partition coefficient (Wildman–Crippen LogP) is 3.59. The van der Waals surface area contributed by atoms with Crippen molar-refractivity contribution in [2.45, 2.75) is 30.3 Å². The third-order valence-corrected chi connectivity index (χ3v) is 7.41. The van der Waals surface area contributed by atoms with Gasteiger partial charge < -0.3 is 15.2 Å². The van der Waals surface area contributed by atoms with Crippen LogP contribution in [-0.4, -0.2) is 40.5 Å². The van der Waals surface area contributed by atoms with E-state index in [4.69, 9.17) is 12.2 Å². The Labute approximate surface area is 188 Å². The predicted molar refractivity (Wildman–Crippen MR) is 125 cm³/mol. The summed E-state index contributed by atoms with van der Waals surface area (Å²) >= 11 is 5.52. The van der Waals surface area contributed by atoms with E-state index in [-0.39, 0.29) is 6.17 Å². The highest BCUT2D eigenvalue weighted by Crippen LogP contribution is 2.22. The van der Waals surface area contributed by atoms with Gasteiger partial charge >= 0.3 is 0 Å². The maximum Gasteiger partial charge on any atom is 0.243 e. The summed E-state index contributed by atoms with van der Waals surface area (Å²) < 4.78 is 29.2. The van der Waals surface area contributed by atoms with E-state index in [1.54, 1.807) is 41.0 Å². The zero-order valence-corrected chi connectivity index (χ0v) is 18.6. The van der Waals surface area contributed by atoms with Crippen molar-refractivity contribution in [3.63, 3.8) is 0 Å².